The van der Waals surface area contributed by atoms with E-state index >= 15 is 0 Å². The third-order valence-corrected chi connectivity index (χ3v) is 5.15. The molecule has 1 aromatic carbocycles. The Labute approximate surface area is 168 Å². The van der Waals surface area contributed by atoms with Gasteiger partial charge < -0.3 is 9.67 Å². The van der Waals surface area contributed by atoms with Gasteiger partial charge >= 0.3 is 5.97 Å². The molecule has 0 radical (unpaired) electrons. The molecule has 0 unspecified atom stereocenters. The monoisotopic (exact) mass is 403 g/mol. The molecule has 0 atom stereocenters. The Kier molecular flexibility index (Phi) is 4.76. The third-order valence-electron chi connectivity index (χ3n) is 4.25. The van der Waals surface area contributed by atoms with Crippen LogP contribution in [0.5, 0.6) is 0 Å². The topological polar surface area (TPSA) is 121 Å². The Morgan fingerprint density at radius 3 is 2.79 bits per heavy atom. The molecule has 0 saturated heterocycles. The molecule has 9 heteroatoms. The first kappa shape index (κ1) is 18.3. The Hall–Kier alpha value is -4.03. The number of fused-ring (bicyclic) bond motifs is 1. The molecule has 0 bridgehead atoms. The molecular weight excluding hydrogens is 390 g/mol. The van der Waals surface area contributed by atoms with Crippen LogP contribution in [0.3, 0.4) is 0 Å². The molecule has 8 nitrogen and oxygen atoms in total. The second-order valence-corrected chi connectivity index (χ2v) is 7.16. The average molecular weight is 403 g/mol. The molecule has 0 saturated carbocycles. The van der Waals surface area contributed by atoms with Crippen LogP contribution in [0.4, 0.5) is 5.13 Å². The van der Waals surface area contributed by atoms with Crippen molar-refractivity contribution in [2.75, 3.05) is 5.32 Å². The Balaban J connectivity index is 1.72. The van der Waals surface area contributed by atoms with Crippen LogP contribution in [-0.2, 0) is 6.54 Å². The van der Waals surface area contributed by atoms with Crippen molar-refractivity contribution in [3.05, 3.63) is 76.7 Å². The fourth-order valence-corrected chi connectivity index (χ4v) is 3.59. The van der Waals surface area contributed by atoms with Crippen molar-refractivity contribution >= 4 is 39.2 Å². The van der Waals surface area contributed by atoms with E-state index < -0.39 is 11.9 Å². The van der Waals surface area contributed by atoms with Gasteiger partial charge in [0.05, 0.1) is 35.6 Å². The van der Waals surface area contributed by atoms with E-state index in [4.69, 9.17) is 5.11 Å². The van der Waals surface area contributed by atoms with Crippen molar-refractivity contribution in [1.82, 2.24) is 14.5 Å². The number of nitrogens with zero attached hydrogens (tertiary/aromatic N) is 4. The predicted octanol–water partition coefficient (Wildman–Crippen LogP) is 3.36. The quantitative estimate of drug-likeness (QED) is 0.527. The van der Waals surface area contributed by atoms with Crippen LogP contribution in [-0.4, -0.2) is 31.5 Å². The average Bonchev–Trinajstić information content (AvgIpc) is 3.33. The van der Waals surface area contributed by atoms with Crippen LogP contribution < -0.4 is 5.32 Å². The summed E-state index contributed by atoms with van der Waals surface area (Å²) in [6.45, 7) is 0.455. The summed E-state index contributed by atoms with van der Waals surface area (Å²) in [5, 5.41) is 21.7. The maximum Gasteiger partial charge on any atom is 0.347 e. The molecule has 29 heavy (non-hydrogen) atoms. The Morgan fingerprint density at radius 2 is 2.10 bits per heavy atom. The molecule has 142 valence electrons. The van der Waals surface area contributed by atoms with Gasteiger partial charge in [-0.15, -0.1) is 0 Å². The Bertz CT molecular complexity index is 1270. The van der Waals surface area contributed by atoms with Gasteiger partial charge in [-0.2, -0.15) is 5.26 Å². The highest BCUT2D eigenvalue weighted by Crippen LogP contribution is 2.26. The highest BCUT2D eigenvalue weighted by Gasteiger charge is 2.18. The van der Waals surface area contributed by atoms with Crippen LogP contribution in [0.1, 0.15) is 31.3 Å². The zero-order valence-corrected chi connectivity index (χ0v) is 15.7. The van der Waals surface area contributed by atoms with Gasteiger partial charge in [0.2, 0.25) is 0 Å². The Morgan fingerprint density at radius 1 is 1.24 bits per heavy atom. The lowest BCUT2D eigenvalue weighted by atomic mass is 10.1. The summed E-state index contributed by atoms with van der Waals surface area (Å²) >= 11 is 0.875. The van der Waals surface area contributed by atoms with Crippen LogP contribution in [0.15, 0.2) is 55.0 Å². The smallest absolute Gasteiger partial charge is 0.347 e. The molecule has 0 fully saturated rings. The summed E-state index contributed by atoms with van der Waals surface area (Å²) in [5.74, 6) is -1.54. The number of hydrogen-bond donors (Lipinski definition) is 2. The summed E-state index contributed by atoms with van der Waals surface area (Å²) < 4.78 is 1.89. The van der Waals surface area contributed by atoms with Crippen molar-refractivity contribution < 1.29 is 14.7 Å². The van der Waals surface area contributed by atoms with Crippen LogP contribution in [0.2, 0.25) is 0 Å². The largest absolute Gasteiger partial charge is 0.477 e. The number of pyridine rings is 1. The number of carbonyl (C=O) groups excluding carboxylic acids is 1. The third kappa shape index (κ3) is 3.69. The lowest BCUT2D eigenvalue weighted by Gasteiger charge is -2.04. The molecule has 1 amide bonds. The molecule has 4 rings (SSSR count). The van der Waals surface area contributed by atoms with Gasteiger partial charge in [0.15, 0.2) is 5.13 Å². The number of nitriles is 1. The zero-order chi connectivity index (χ0) is 20.4. The molecular formula is C20H13N5O3S. The molecule has 0 aliphatic carbocycles. The number of rotatable bonds is 5. The van der Waals surface area contributed by atoms with Gasteiger partial charge in [-0.3, -0.25) is 15.1 Å². The van der Waals surface area contributed by atoms with E-state index in [1.54, 1.807) is 30.6 Å². The molecule has 2 N–H and O–H groups in total. The van der Waals surface area contributed by atoms with Crippen LogP contribution in [0.25, 0.3) is 10.9 Å². The number of carboxylic acids is 1. The van der Waals surface area contributed by atoms with Gasteiger partial charge in [-0.05, 0) is 30.3 Å². The second kappa shape index (κ2) is 7.53. The molecule has 0 aliphatic heterocycles. The summed E-state index contributed by atoms with van der Waals surface area (Å²) in [4.78, 5) is 32.2. The van der Waals surface area contributed by atoms with Gasteiger partial charge in [0.1, 0.15) is 4.88 Å². The summed E-state index contributed by atoms with van der Waals surface area (Å²) in [5.41, 5.74) is 2.40. The van der Waals surface area contributed by atoms with Crippen molar-refractivity contribution in [1.29, 1.82) is 5.26 Å². The fraction of sp³-hybridized carbons (Fsp3) is 0.0500. The first-order valence-electron chi connectivity index (χ1n) is 8.48. The van der Waals surface area contributed by atoms with Crippen molar-refractivity contribution in [3.63, 3.8) is 0 Å². The minimum absolute atomic E-state index is 0.0321. The number of amides is 1. The van der Waals surface area contributed by atoms with Crippen molar-refractivity contribution in [2.24, 2.45) is 0 Å². The van der Waals surface area contributed by atoms with Gasteiger partial charge in [0, 0.05) is 23.3 Å². The van der Waals surface area contributed by atoms with E-state index in [2.05, 4.69) is 21.4 Å². The molecule has 3 aromatic heterocycles. The van der Waals surface area contributed by atoms with Crippen LogP contribution >= 0.6 is 11.3 Å². The number of nitrogens with one attached hydrogen (secondary N) is 1. The molecule has 0 spiro atoms. The SMILES string of the molecule is N#Cc1ccc2c(c1)c(C(=O)Nc1ncc(C(=O)O)s1)cn2Cc1ccccn1. The number of benzene rings is 1. The molecule has 4 aromatic rings. The van der Waals surface area contributed by atoms with E-state index in [9.17, 15) is 14.9 Å². The van der Waals surface area contributed by atoms with E-state index in [0.29, 0.717) is 23.1 Å². The maximum absolute atomic E-state index is 12.9. The lowest BCUT2D eigenvalue weighted by Crippen LogP contribution is -2.11. The van der Waals surface area contributed by atoms with Crippen LogP contribution in [0, 0.1) is 11.3 Å². The second-order valence-electron chi connectivity index (χ2n) is 6.12. The molecule has 0 aliphatic rings. The molecule has 3 heterocycles. The first-order valence-corrected chi connectivity index (χ1v) is 9.30. The summed E-state index contributed by atoms with van der Waals surface area (Å²) in [6.07, 6.45) is 4.59. The highest BCUT2D eigenvalue weighted by molar-refractivity contribution is 7.17. The number of aromatic nitrogens is 3. The number of anilines is 1. The predicted molar refractivity (Wildman–Crippen MR) is 107 cm³/mol. The summed E-state index contributed by atoms with van der Waals surface area (Å²) in [6, 6.07) is 12.8. The fourth-order valence-electron chi connectivity index (χ4n) is 2.94. The van der Waals surface area contributed by atoms with Crippen molar-refractivity contribution in [3.8, 4) is 6.07 Å². The van der Waals surface area contributed by atoms with Gasteiger partial charge in [0.25, 0.3) is 5.91 Å². The number of aromatic carboxylic acids is 1. The standard InChI is InChI=1S/C20H13N5O3S/c21-8-12-4-5-16-14(7-12)15(11-25(16)10-13-3-1-2-6-22-13)18(26)24-20-23-9-17(29-20)19(27)28/h1-7,9,11H,10H2,(H,27,28)(H,23,24,26). The first-order chi connectivity index (χ1) is 14.0. The lowest BCUT2D eigenvalue weighted by molar-refractivity contribution is 0.0701. The van der Waals surface area contributed by atoms with E-state index in [1.807, 2.05) is 22.8 Å². The number of carbonyl (C=O) groups is 2. The number of hydrogen-bond acceptors (Lipinski definition) is 6. The minimum Gasteiger partial charge on any atom is -0.477 e. The van der Waals surface area contributed by atoms with Gasteiger partial charge in [-0.1, -0.05) is 17.4 Å². The number of carboxylic acid groups (broad SMARTS) is 1. The maximum atomic E-state index is 12.9. The zero-order valence-electron chi connectivity index (χ0n) is 14.9. The van der Waals surface area contributed by atoms with E-state index in [-0.39, 0.29) is 10.0 Å². The van der Waals surface area contributed by atoms with Crippen molar-refractivity contribution in [2.45, 2.75) is 6.54 Å². The van der Waals surface area contributed by atoms with E-state index in [1.165, 1.54) is 6.20 Å². The number of thiazole rings is 1. The minimum atomic E-state index is -1.10. The highest BCUT2D eigenvalue weighted by atomic mass is 32.1. The summed E-state index contributed by atoms with van der Waals surface area (Å²) in [7, 11) is 0. The van der Waals surface area contributed by atoms with E-state index in [0.717, 1.165) is 22.5 Å². The van der Waals surface area contributed by atoms with Gasteiger partial charge in [-0.25, -0.2) is 9.78 Å². The normalized spacial score (nSPS) is 10.6.